The predicted octanol–water partition coefficient (Wildman–Crippen LogP) is 3.23. The van der Waals surface area contributed by atoms with E-state index in [0.717, 1.165) is 22.7 Å². The van der Waals surface area contributed by atoms with Crippen LogP contribution in [0.5, 0.6) is 5.75 Å². The highest BCUT2D eigenvalue weighted by Crippen LogP contribution is 2.47. The lowest BCUT2D eigenvalue weighted by Gasteiger charge is -2.27. The highest BCUT2D eigenvalue weighted by Gasteiger charge is 2.40. The zero-order chi connectivity index (χ0) is 26.8. The fraction of sp³-hybridized carbons (Fsp3) is 0.333. The normalized spacial score (nSPS) is 16.7. The molecule has 0 unspecified atom stereocenters. The van der Waals surface area contributed by atoms with Crippen molar-refractivity contribution >= 4 is 52.9 Å². The summed E-state index contributed by atoms with van der Waals surface area (Å²) in [5.74, 6) is -3.69. The lowest BCUT2D eigenvalue weighted by atomic mass is 10.1. The Labute approximate surface area is 217 Å². The SMILES string of the molecule is CCNCCN1C(=O)[C@@H](OC(C)=O)[C@@H](c2ccc(OC)cc2)Sc2cc(Cl)ccc21.O=C(O)C(=O)O. The molecule has 194 valence electrons. The molecule has 2 atom stereocenters. The molecule has 1 amide bonds. The van der Waals surface area contributed by atoms with Crippen molar-refractivity contribution in [3.63, 3.8) is 0 Å². The standard InChI is InChI=1S/C22H25ClN2O4S.C2H2O4/c1-4-24-11-12-25-18-10-7-16(23)13-19(18)30-21(20(22(25)27)29-14(2)26)15-5-8-17(28-3)9-6-15;3-1(4)2(5)6/h5-10,13,20-21,24H,4,11-12H2,1-3H3;(H,3,4)(H,5,6)/t20-,21+;/m0./s1. The van der Waals surface area contributed by atoms with Crippen molar-refractivity contribution in [1.29, 1.82) is 0 Å². The van der Waals surface area contributed by atoms with Crippen LogP contribution in [0.3, 0.4) is 0 Å². The predicted molar refractivity (Wildman–Crippen MR) is 135 cm³/mol. The fourth-order valence-electron chi connectivity index (χ4n) is 3.33. The summed E-state index contributed by atoms with van der Waals surface area (Å²) in [7, 11) is 1.60. The number of thioether (sulfide) groups is 1. The first kappa shape index (κ1) is 29.0. The third-order valence-corrected chi connectivity index (χ3v) is 6.52. The number of rotatable bonds is 7. The number of carboxylic acid groups (broad SMARTS) is 2. The van der Waals surface area contributed by atoms with Crippen LogP contribution >= 0.6 is 23.4 Å². The monoisotopic (exact) mass is 538 g/mol. The van der Waals surface area contributed by atoms with Crippen molar-refractivity contribution in [1.82, 2.24) is 5.32 Å². The Morgan fingerprint density at radius 3 is 2.28 bits per heavy atom. The van der Waals surface area contributed by atoms with E-state index in [2.05, 4.69) is 5.32 Å². The molecule has 0 fully saturated rings. The number of fused-ring (bicyclic) bond motifs is 1. The minimum atomic E-state index is -1.82. The van der Waals surface area contributed by atoms with Gasteiger partial charge in [-0.15, -0.1) is 11.8 Å². The van der Waals surface area contributed by atoms with Gasteiger partial charge >= 0.3 is 17.9 Å². The topological polar surface area (TPSA) is 142 Å². The number of esters is 1. The zero-order valence-electron chi connectivity index (χ0n) is 19.9. The number of halogens is 1. The molecule has 0 spiro atoms. The molecule has 0 radical (unpaired) electrons. The summed E-state index contributed by atoms with van der Waals surface area (Å²) in [6.07, 6.45) is -0.964. The molecular weight excluding hydrogens is 512 g/mol. The fourth-order valence-corrected chi connectivity index (χ4v) is 4.92. The van der Waals surface area contributed by atoms with Gasteiger partial charge in [0, 0.05) is 29.9 Å². The Hall–Kier alpha value is -3.28. The number of anilines is 1. The molecule has 0 bridgehead atoms. The number of likely N-dealkylation sites (N-methyl/N-ethyl adjacent to an activating group) is 1. The van der Waals surface area contributed by atoms with Crippen LogP contribution in [0.25, 0.3) is 0 Å². The van der Waals surface area contributed by atoms with Gasteiger partial charge in [-0.1, -0.05) is 30.7 Å². The van der Waals surface area contributed by atoms with E-state index in [4.69, 9.17) is 40.9 Å². The van der Waals surface area contributed by atoms with Gasteiger partial charge in [-0.25, -0.2) is 9.59 Å². The van der Waals surface area contributed by atoms with E-state index in [1.165, 1.54) is 18.7 Å². The van der Waals surface area contributed by atoms with Crippen LogP contribution in [0.15, 0.2) is 47.4 Å². The van der Waals surface area contributed by atoms with Crippen molar-refractivity contribution in [2.75, 3.05) is 31.6 Å². The second-order valence-electron chi connectivity index (χ2n) is 7.41. The Morgan fingerprint density at radius 2 is 1.75 bits per heavy atom. The van der Waals surface area contributed by atoms with Gasteiger partial charge in [-0.2, -0.15) is 0 Å². The summed E-state index contributed by atoms with van der Waals surface area (Å²) < 4.78 is 10.8. The van der Waals surface area contributed by atoms with Crippen LogP contribution in [-0.2, 0) is 23.9 Å². The van der Waals surface area contributed by atoms with E-state index in [0.29, 0.717) is 23.9 Å². The second kappa shape index (κ2) is 13.7. The Bertz CT molecular complexity index is 1080. The molecule has 0 saturated heterocycles. The molecule has 0 aromatic heterocycles. The highest BCUT2D eigenvalue weighted by molar-refractivity contribution is 7.99. The molecule has 1 heterocycles. The number of carbonyl (C=O) groups is 4. The van der Waals surface area contributed by atoms with E-state index in [-0.39, 0.29) is 5.91 Å². The average Bonchev–Trinajstić information content (AvgIpc) is 2.94. The quantitative estimate of drug-likeness (QED) is 0.273. The third kappa shape index (κ3) is 7.87. The van der Waals surface area contributed by atoms with Crippen LogP contribution in [0, 0.1) is 0 Å². The van der Waals surface area contributed by atoms with E-state index in [1.54, 1.807) is 18.1 Å². The van der Waals surface area contributed by atoms with Crippen LogP contribution in [0.4, 0.5) is 5.69 Å². The molecule has 10 nitrogen and oxygen atoms in total. The van der Waals surface area contributed by atoms with Crippen molar-refractivity contribution in [3.8, 4) is 5.75 Å². The minimum Gasteiger partial charge on any atom is -0.497 e. The average molecular weight is 539 g/mol. The summed E-state index contributed by atoms with van der Waals surface area (Å²) in [4.78, 5) is 46.2. The maximum absolute atomic E-state index is 13.6. The Balaban J connectivity index is 0.000000678. The largest absolute Gasteiger partial charge is 0.497 e. The number of ether oxygens (including phenoxy) is 2. The van der Waals surface area contributed by atoms with Crippen molar-refractivity contribution in [3.05, 3.63) is 53.1 Å². The number of benzene rings is 2. The first-order valence-electron chi connectivity index (χ1n) is 10.8. The van der Waals surface area contributed by atoms with Gasteiger partial charge in [-0.05, 0) is 42.4 Å². The molecular formula is C24H27ClN2O8S. The number of nitrogens with one attached hydrogen (secondary N) is 1. The van der Waals surface area contributed by atoms with Crippen molar-refractivity contribution in [2.45, 2.75) is 30.1 Å². The van der Waals surface area contributed by atoms with E-state index >= 15 is 0 Å². The minimum absolute atomic E-state index is 0.252. The zero-order valence-corrected chi connectivity index (χ0v) is 21.5. The number of hydrogen-bond acceptors (Lipinski definition) is 8. The molecule has 1 aliphatic heterocycles. The van der Waals surface area contributed by atoms with Crippen LogP contribution in [-0.4, -0.2) is 66.9 Å². The van der Waals surface area contributed by atoms with Crippen molar-refractivity contribution in [2.24, 2.45) is 0 Å². The lowest BCUT2D eigenvalue weighted by Crippen LogP contribution is -2.45. The third-order valence-electron chi connectivity index (χ3n) is 4.93. The number of amides is 1. The van der Waals surface area contributed by atoms with E-state index in [9.17, 15) is 9.59 Å². The molecule has 0 aliphatic carbocycles. The molecule has 3 rings (SSSR count). The smallest absolute Gasteiger partial charge is 0.414 e. The number of nitrogens with zero attached hydrogens (tertiary/aromatic N) is 1. The maximum atomic E-state index is 13.6. The number of aliphatic carboxylic acids is 2. The van der Waals surface area contributed by atoms with E-state index in [1.807, 2.05) is 43.3 Å². The Morgan fingerprint density at radius 1 is 1.11 bits per heavy atom. The molecule has 12 heteroatoms. The van der Waals surface area contributed by atoms with E-state index < -0.39 is 29.3 Å². The van der Waals surface area contributed by atoms with Crippen molar-refractivity contribution < 1.29 is 38.9 Å². The van der Waals surface area contributed by atoms with Crippen LogP contribution in [0.1, 0.15) is 24.7 Å². The summed E-state index contributed by atoms with van der Waals surface area (Å²) in [6.45, 7) is 5.20. The number of carboxylic acids is 2. The van der Waals surface area contributed by atoms with Gasteiger partial charge in [0.1, 0.15) is 5.75 Å². The summed E-state index contributed by atoms with van der Waals surface area (Å²) in [5, 5.41) is 18.2. The molecule has 1 aliphatic rings. The summed E-state index contributed by atoms with van der Waals surface area (Å²) in [6, 6.07) is 12.9. The highest BCUT2D eigenvalue weighted by atomic mass is 35.5. The van der Waals surface area contributed by atoms with Gasteiger partial charge in [0.25, 0.3) is 5.91 Å². The first-order chi connectivity index (χ1) is 17.1. The van der Waals surface area contributed by atoms with Gasteiger partial charge in [0.2, 0.25) is 0 Å². The second-order valence-corrected chi connectivity index (χ2v) is 9.03. The van der Waals surface area contributed by atoms with Gasteiger partial charge in [0.15, 0.2) is 6.10 Å². The van der Waals surface area contributed by atoms with Crippen LogP contribution in [0.2, 0.25) is 5.02 Å². The molecule has 2 aromatic carbocycles. The Kier molecular flexibility index (Phi) is 11.0. The first-order valence-corrected chi connectivity index (χ1v) is 12.1. The molecule has 0 saturated carbocycles. The summed E-state index contributed by atoms with van der Waals surface area (Å²) in [5.41, 5.74) is 1.63. The molecule has 2 aromatic rings. The van der Waals surface area contributed by atoms with Gasteiger partial charge < -0.3 is 29.9 Å². The number of methoxy groups -OCH3 is 1. The van der Waals surface area contributed by atoms with Crippen LogP contribution < -0.4 is 15.0 Å². The van der Waals surface area contributed by atoms with Gasteiger partial charge in [0.05, 0.1) is 18.0 Å². The summed E-state index contributed by atoms with van der Waals surface area (Å²) >= 11 is 7.73. The molecule has 3 N–H and O–H groups in total. The number of hydrogen-bond donors (Lipinski definition) is 3. The molecule has 36 heavy (non-hydrogen) atoms. The lowest BCUT2D eigenvalue weighted by molar-refractivity contribution is -0.159. The van der Waals surface area contributed by atoms with Gasteiger partial charge in [-0.3, -0.25) is 9.59 Å². The maximum Gasteiger partial charge on any atom is 0.414 e. The number of carbonyl (C=O) groups excluding carboxylic acids is 2.